The van der Waals surface area contributed by atoms with Crippen LogP contribution in [0, 0.1) is 0 Å². The van der Waals surface area contributed by atoms with E-state index >= 15 is 0 Å². The Morgan fingerprint density at radius 1 is 0.516 bits per heavy atom. The summed E-state index contributed by atoms with van der Waals surface area (Å²) in [6.07, 6.45) is 58.5. The van der Waals surface area contributed by atoms with Gasteiger partial charge in [0.1, 0.15) is 12.6 Å². The number of phosphoric acid groups is 1. The van der Waals surface area contributed by atoms with Crippen molar-refractivity contribution in [2.75, 3.05) is 19.8 Å². The minimum absolute atomic E-state index is 0.0826. The van der Waals surface area contributed by atoms with Gasteiger partial charge in [0.2, 0.25) is 0 Å². The fourth-order valence-electron chi connectivity index (χ4n) is 5.19. The van der Waals surface area contributed by atoms with Gasteiger partial charge in [0.15, 0.2) is 6.10 Å². The van der Waals surface area contributed by atoms with Crippen LogP contribution in [0.2, 0.25) is 0 Å². The van der Waals surface area contributed by atoms with Gasteiger partial charge < -0.3 is 25.2 Å². The van der Waals surface area contributed by atoms with Crippen LogP contribution >= 0.6 is 7.82 Å². The number of esters is 2. The Hall–Kier alpha value is -4.12. The van der Waals surface area contributed by atoms with E-state index in [2.05, 4.69) is 128 Å². The maximum absolute atomic E-state index is 12.6. The van der Waals surface area contributed by atoms with E-state index in [4.69, 9.17) is 24.8 Å². The van der Waals surface area contributed by atoms with Gasteiger partial charge in [-0.3, -0.25) is 23.4 Å². The van der Waals surface area contributed by atoms with Crippen molar-refractivity contribution in [1.82, 2.24) is 0 Å². The first-order valence-electron chi connectivity index (χ1n) is 22.6. The first kappa shape index (κ1) is 57.9. The summed E-state index contributed by atoms with van der Waals surface area (Å²) in [5.41, 5.74) is 5.33. The van der Waals surface area contributed by atoms with Crippen molar-refractivity contribution in [2.45, 2.75) is 154 Å². The molecule has 0 spiro atoms. The average molecular weight is 884 g/mol. The third-order valence-electron chi connectivity index (χ3n) is 8.71. The molecular formula is C50H78NO10P. The molecule has 0 aliphatic rings. The molecule has 0 rings (SSSR count). The summed E-state index contributed by atoms with van der Waals surface area (Å²) in [5.74, 6) is -2.54. The molecule has 0 saturated carbocycles. The number of carboxylic acids is 1. The SMILES string of the molecule is CC/C=C/C/C=C/C/C=C/C/C=C/C/C=C/CCCCCC(=O)O[C@H](COC(=O)CC/C=C/C/C=C/C/C=C/C/C=C/C/C=C/CCCCC)COP(=O)(O)OC[C@H](N)C(=O)O. The monoisotopic (exact) mass is 884 g/mol. The zero-order chi connectivity index (χ0) is 45.6. The molecule has 1 unspecified atom stereocenters. The lowest BCUT2D eigenvalue weighted by Gasteiger charge is -2.20. The number of hydrogen-bond acceptors (Lipinski definition) is 9. The number of phosphoric ester groups is 1. The lowest BCUT2D eigenvalue weighted by atomic mass is 10.1. The first-order chi connectivity index (χ1) is 30.1. The maximum atomic E-state index is 12.6. The van der Waals surface area contributed by atoms with Crippen LogP contribution in [0.1, 0.15) is 142 Å². The second kappa shape index (κ2) is 43.5. The number of unbranched alkanes of at least 4 members (excludes halogenated alkanes) is 6. The number of ether oxygens (including phenoxy) is 2. The van der Waals surface area contributed by atoms with Crippen LogP contribution in [0.15, 0.2) is 122 Å². The van der Waals surface area contributed by atoms with Crippen LogP contribution in [-0.4, -0.2) is 59.9 Å². The van der Waals surface area contributed by atoms with Crippen molar-refractivity contribution >= 4 is 25.7 Å². The summed E-state index contributed by atoms with van der Waals surface area (Å²) in [7, 11) is -4.75. The Morgan fingerprint density at radius 2 is 0.935 bits per heavy atom. The van der Waals surface area contributed by atoms with E-state index in [0.717, 1.165) is 83.5 Å². The van der Waals surface area contributed by atoms with Gasteiger partial charge in [-0.1, -0.05) is 155 Å². The van der Waals surface area contributed by atoms with Gasteiger partial charge >= 0.3 is 25.7 Å². The summed E-state index contributed by atoms with van der Waals surface area (Å²) in [4.78, 5) is 46.0. The van der Waals surface area contributed by atoms with Crippen LogP contribution in [-0.2, 0) is 37.5 Å². The largest absolute Gasteiger partial charge is 0.480 e. The second-order valence-corrected chi connectivity index (χ2v) is 15.9. The number of carbonyl (C=O) groups is 3. The van der Waals surface area contributed by atoms with E-state index in [1.54, 1.807) is 0 Å². The summed E-state index contributed by atoms with van der Waals surface area (Å²) in [6, 6.07) is -1.54. The number of nitrogens with two attached hydrogens (primary N) is 1. The summed E-state index contributed by atoms with van der Waals surface area (Å²) < 4.78 is 32.6. The summed E-state index contributed by atoms with van der Waals surface area (Å²) >= 11 is 0. The summed E-state index contributed by atoms with van der Waals surface area (Å²) in [6.45, 7) is 2.53. The standard InChI is InChI=1S/C50H78NO10P/c1-3-5-7-9-11-13-15-17-19-21-23-25-27-29-31-33-35-37-39-41-48(52)58-43-46(44-59-62(56,57)60-45-47(51)50(54)55)61-49(53)42-40-38-36-34-32-30-28-26-24-22-20-18-16-14-12-10-8-6-4-2/h6,8,11-14,17-20,23-26,29-32,35,37,46-47H,3-5,7,9-10,15-16,21-22,27-28,33-34,36,38-45,51H2,1-2H3,(H,54,55)(H,56,57)/b8-6+,13-11+,14-12+,19-17+,20-18+,25-23+,26-24+,31-29+,32-30+,37-35+/t46-,47+/m1/s1. The molecule has 0 bridgehead atoms. The Bertz CT molecular complexity index is 1500. The Morgan fingerprint density at radius 3 is 1.39 bits per heavy atom. The molecule has 0 aromatic rings. The van der Waals surface area contributed by atoms with E-state index in [0.29, 0.717) is 12.8 Å². The van der Waals surface area contributed by atoms with Crippen molar-refractivity contribution < 1.29 is 47.5 Å². The third kappa shape index (κ3) is 42.6. The first-order valence-corrected chi connectivity index (χ1v) is 24.1. The highest BCUT2D eigenvalue weighted by Gasteiger charge is 2.28. The van der Waals surface area contributed by atoms with Crippen molar-refractivity contribution in [2.24, 2.45) is 5.73 Å². The Balaban J connectivity index is 4.56. The van der Waals surface area contributed by atoms with E-state index < -0.39 is 57.7 Å². The number of rotatable bonds is 40. The van der Waals surface area contributed by atoms with Gasteiger partial charge in [-0.05, 0) is 96.3 Å². The molecule has 0 heterocycles. The number of carboxylic acid groups (broad SMARTS) is 1. The number of hydrogen-bond donors (Lipinski definition) is 3. The van der Waals surface area contributed by atoms with Gasteiger partial charge in [0.25, 0.3) is 0 Å². The molecule has 12 heteroatoms. The van der Waals surface area contributed by atoms with Gasteiger partial charge in [-0.25, -0.2) is 4.57 Å². The minimum atomic E-state index is -4.75. The number of carbonyl (C=O) groups excluding carboxylic acids is 2. The molecule has 62 heavy (non-hydrogen) atoms. The molecule has 0 fully saturated rings. The quantitative estimate of drug-likeness (QED) is 0.0231. The van der Waals surface area contributed by atoms with Gasteiger partial charge in [0.05, 0.1) is 13.2 Å². The predicted octanol–water partition coefficient (Wildman–Crippen LogP) is 12.4. The third-order valence-corrected chi connectivity index (χ3v) is 9.66. The van der Waals surface area contributed by atoms with E-state index in [1.807, 2.05) is 12.2 Å². The van der Waals surface area contributed by atoms with Gasteiger partial charge in [-0.15, -0.1) is 0 Å². The molecule has 3 atom stereocenters. The van der Waals surface area contributed by atoms with Crippen molar-refractivity contribution in [3.8, 4) is 0 Å². The fourth-order valence-corrected chi connectivity index (χ4v) is 5.97. The number of allylic oxidation sites excluding steroid dienone is 20. The summed E-state index contributed by atoms with van der Waals surface area (Å²) in [5, 5.41) is 8.90. The molecule has 0 saturated heterocycles. The molecule has 11 nitrogen and oxygen atoms in total. The van der Waals surface area contributed by atoms with Crippen LogP contribution in [0.4, 0.5) is 0 Å². The zero-order valence-corrected chi connectivity index (χ0v) is 38.5. The fraction of sp³-hybridized carbons (Fsp3) is 0.540. The van der Waals surface area contributed by atoms with Crippen LogP contribution < -0.4 is 5.73 Å². The highest BCUT2D eigenvalue weighted by atomic mass is 31.2. The van der Waals surface area contributed by atoms with Crippen molar-refractivity contribution in [3.05, 3.63) is 122 Å². The van der Waals surface area contributed by atoms with Crippen molar-refractivity contribution in [1.29, 1.82) is 0 Å². The lowest BCUT2D eigenvalue weighted by Crippen LogP contribution is -2.34. The maximum Gasteiger partial charge on any atom is 0.472 e. The smallest absolute Gasteiger partial charge is 0.472 e. The molecule has 0 amide bonds. The van der Waals surface area contributed by atoms with E-state index in [1.165, 1.54) is 19.3 Å². The lowest BCUT2D eigenvalue weighted by molar-refractivity contribution is -0.161. The van der Waals surface area contributed by atoms with Gasteiger partial charge in [0, 0.05) is 12.8 Å². The minimum Gasteiger partial charge on any atom is -0.480 e. The van der Waals surface area contributed by atoms with E-state index in [-0.39, 0.29) is 12.8 Å². The van der Waals surface area contributed by atoms with Crippen LogP contribution in [0.3, 0.4) is 0 Å². The number of aliphatic carboxylic acids is 1. The molecule has 4 N–H and O–H groups in total. The predicted molar refractivity (Wildman–Crippen MR) is 253 cm³/mol. The molecule has 0 aromatic carbocycles. The molecule has 0 aliphatic heterocycles. The normalized spacial score (nSPS) is 14.8. The topological polar surface area (TPSA) is 172 Å². The highest BCUT2D eigenvalue weighted by Crippen LogP contribution is 2.43. The van der Waals surface area contributed by atoms with Crippen LogP contribution in [0.5, 0.6) is 0 Å². The van der Waals surface area contributed by atoms with Crippen molar-refractivity contribution in [3.63, 3.8) is 0 Å². The molecule has 0 aliphatic carbocycles. The van der Waals surface area contributed by atoms with Crippen LogP contribution in [0.25, 0.3) is 0 Å². The zero-order valence-electron chi connectivity index (χ0n) is 37.7. The molecule has 0 aromatic heterocycles. The molecule has 0 radical (unpaired) electrons. The Labute approximate surface area is 373 Å². The van der Waals surface area contributed by atoms with E-state index in [9.17, 15) is 23.8 Å². The molecular weight excluding hydrogens is 806 g/mol. The second-order valence-electron chi connectivity index (χ2n) is 14.4. The van der Waals surface area contributed by atoms with Gasteiger partial charge in [-0.2, -0.15) is 0 Å². The average Bonchev–Trinajstić information content (AvgIpc) is 3.25. The molecule has 348 valence electrons. The highest BCUT2D eigenvalue weighted by molar-refractivity contribution is 7.47. The Kier molecular flexibility index (Phi) is 40.6.